The molecule has 7 nitrogen and oxygen atoms in total. The van der Waals surface area contributed by atoms with Crippen LogP contribution in [0.1, 0.15) is 43.7 Å². The van der Waals surface area contributed by atoms with E-state index in [2.05, 4.69) is 22.8 Å². The SMILES string of the molecule is CC(C)C[C@H](CNC(=O)CNC(=O)OCC1c2ccccc2-c2ccccc21)CC(=O)O. The number of nitrogens with one attached hydrogen (secondary N) is 2. The van der Waals surface area contributed by atoms with Crippen molar-refractivity contribution in [3.8, 4) is 11.1 Å². The van der Waals surface area contributed by atoms with Crippen LogP contribution in [0.5, 0.6) is 0 Å². The lowest BCUT2D eigenvalue weighted by atomic mass is 9.94. The van der Waals surface area contributed by atoms with Crippen molar-refractivity contribution in [2.75, 3.05) is 19.7 Å². The molecule has 0 saturated heterocycles. The third-order valence-corrected chi connectivity index (χ3v) is 5.59. The van der Waals surface area contributed by atoms with E-state index < -0.39 is 12.1 Å². The van der Waals surface area contributed by atoms with Gasteiger partial charge in [0.2, 0.25) is 5.91 Å². The molecule has 2 amide bonds. The van der Waals surface area contributed by atoms with Crippen LogP contribution in [0, 0.1) is 11.8 Å². The van der Waals surface area contributed by atoms with Gasteiger partial charge in [0, 0.05) is 18.9 Å². The highest BCUT2D eigenvalue weighted by atomic mass is 16.5. The van der Waals surface area contributed by atoms with Crippen molar-refractivity contribution in [2.24, 2.45) is 11.8 Å². The lowest BCUT2D eigenvalue weighted by Crippen LogP contribution is -2.39. The first-order valence-electron chi connectivity index (χ1n) is 10.9. The fraction of sp³-hybridized carbons (Fsp3) is 0.400. The van der Waals surface area contributed by atoms with Gasteiger partial charge in [0.25, 0.3) is 0 Å². The summed E-state index contributed by atoms with van der Waals surface area (Å²) in [5.74, 6) is -1.13. The first-order valence-corrected chi connectivity index (χ1v) is 10.9. The predicted molar refractivity (Wildman–Crippen MR) is 121 cm³/mol. The van der Waals surface area contributed by atoms with E-state index in [9.17, 15) is 14.4 Å². The summed E-state index contributed by atoms with van der Waals surface area (Å²) in [4.78, 5) is 35.2. The zero-order valence-corrected chi connectivity index (χ0v) is 18.5. The molecule has 2 aromatic rings. The lowest BCUT2D eigenvalue weighted by Gasteiger charge is -2.18. The Morgan fingerprint density at radius 2 is 1.56 bits per heavy atom. The molecule has 1 atom stereocenters. The summed E-state index contributed by atoms with van der Waals surface area (Å²) in [5.41, 5.74) is 4.53. The van der Waals surface area contributed by atoms with Gasteiger partial charge in [0.15, 0.2) is 0 Å². The van der Waals surface area contributed by atoms with Crippen molar-refractivity contribution in [1.82, 2.24) is 10.6 Å². The van der Waals surface area contributed by atoms with Crippen molar-refractivity contribution in [3.05, 3.63) is 59.7 Å². The maximum Gasteiger partial charge on any atom is 0.407 e. The molecule has 0 bridgehead atoms. The topological polar surface area (TPSA) is 105 Å². The van der Waals surface area contributed by atoms with Crippen LogP contribution >= 0.6 is 0 Å². The van der Waals surface area contributed by atoms with E-state index >= 15 is 0 Å². The van der Waals surface area contributed by atoms with Crippen LogP contribution in [0.3, 0.4) is 0 Å². The van der Waals surface area contributed by atoms with Crippen molar-refractivity contribution in [1.29, 1.82) is 0 Å². The zero-order valence-electron chi connectivity index (χ0n) is 18.5. The van der Waals surface area contributed by atoms with Crippen LogP contribution in [-0.4, -0.2) is 42.8 Å². The Balaban J connectivity index is 1.46. The summed E-state index contributed by atoms with van der Waals surface area (Å²) < 4.78 is 5.41. The van der Waals surface area contributed by atoms with E-state index in [0.29, 0.717) is 12.3 Å². The molecule has 0 aromatic heterocycles. The first-order chi connectivity index (χ1) is 15.3. The van der Waals surface area contributed by atoms with Gasteiger partial charge in [-0.15, -0.1) is 0 Å². The van der Waals surface area contributed by atoms with Crippen LogP contribution in [0.4, 0.5) is 4.79 Å². The van der Waals surface area contributed by atoms with Gasteiger partial charge < -0.3 is 20.5 Å². The Bertz CT molecular complexity index is 927. The van der Waals surface area contributed by atoms with Crippen LogP contribution in [0.25, 0.3) is 11.1 Å². The summed E-state index contributed by atoms with van der Waals surface area (Å²) in [7, 11) is 0. The molecular weight excluding hydrogens is 408 g/mol. The van der Waals surface area contributed by atoms with Gasteiger partial charge in [-0.05, 0) is 40.5 Å². The van der Waals surface area contributed by atoms with E-state index in [-0.39, 0.29) is 43.9 Å². The summed E-state index contributed by atoms with van der Waals surface area (Å²) in [6.07, 6.45) is 0.0382. The van der Waals surface area contributed by atoms with Crippen LogP contribution < -0.4 is 10.6 Å². The average molecular weight is 439 g/mol. The number of hydrogen-bond acceptors (Lipinski definition) is 4. The molecule has 3 rings (SSSR count). The lowest BCUT2D eigenvalue weighted by molar-refractivity contribution is -0.138. The van der Waals surface area contributed by atoms with E-state index in [1.807, 2.05) is 50.2 Å². The highest BCUT2D eigenvalue weighted by Crippen LogP contribution is 2.44. The average Bonchev–Trinajstić information content (AvgIpc) is 3.07. The molecule has 170 valence electrons. The van der Waals surface area contributed by atoms with Gasteiger partial charge in [0.1, 0.15) is 6.61 Å². The summed E-state index contributed by atoms with van der Waals surface area (Å²) in [6, 6.07) is 16.1. The molecule has 0 radical (unpaired) electrons. The van der Waals surface area contributed by atoms with Gasteiger partial charge >= 0.3 is 12.1 Å². The smallest absolute Gasteiger partial charge is 0.407 e. The van der Waals surface area contributed by atoms with Gasteiger partial charge in [-0.25, -0.2) is 4.79 Å². The Kier molecular flexibility index (Phi) is 7.87. The number of rotatable bonds is 10. The number of carboxylic acid groups (broad SMARTS) is 1. The van der Waals surface area contributed by atoms with Gasteiger partial charge in [-0.1, -0.05) is 62.4 Å². The normalized spacial score (nSPS) is 13.2. The molecule has 3 N–H and O–H groups in total. The second kappa shape index (κ2) is 10.8. The minimum atomic E-state index is -0.887. The summed E-state index contributed by atoms with van der Waals surface area (Å²) in [5, 5.41) is 14.2. The Morgan fingerprint density at radius 1 is 0.969 bits per heavy atom. The first kappa shape index (κ1) is 23.3. The second-order valence-corrected chi connectivity index (χ2v) is 8.58. The molecule has 0 unspecified atom stereocenters. The number of alkyl carbamates (subject to hydrolysis) is 1. The largest absolute Gasteiger partial charge is 0.481 e. The monoisotopic (exact) mass is 438 g/mol. The number of fused-ring (bicyclic) bond motifs is 3. The predicted octanol–water partition coefficient (Wildman–Crippen LogP) is 3.78. The highest BCUT2D eigenvalue weighted by Gasteiger charge is 2.29. The number of benzene rings is 2. The molecule has 1 aliphatic rings. The van der Waals surface area contributed by atoms with Gasteiger partial charge in [-0.3, -0.25) is 9.59 Å². The molecule has 0 fully saturated rings. The number of ether oxygens (including phenoxy) is 1. The van der Waals surface area contributed by atoms with Crippen molar-refractivity contribution in [2.45, 2.75) is 32.6 Å². The van der Waals surface area contributed by atoms with Crippen LogP contribution in [0.2, 0.25) is 0 Å². The zero-order chi connectivity index (χ0) is 23.1. The summed E-state index contributed by atoms with van der Waals surface area (Å²) >= 11 is 0. The molecule has 7 heteroatoms. The van der Waals surface area contributed by atoms with Crippen molar-refractivity contribution >= 4 is 18.0 Å². The minimum Gasteiger partial charge on any atom is -0.481 e. The second-order valence-electron chi connectivity index (χ2n) is 8.58. The standard InChI is InChI=1S/C25H30N2O5/c1-16(2)11-17(12-24(29)30)13-26-23(28)14-27-25(31)32-15-22-20-9-5-3-7-18(20)19-8-4-6-10-21(19)22/h3-10,16-17,22H,11-15H2,1-2H3,(H,26,28)(H,27,31)(H,29,30)/t17-/m0/s1. The maximum absolute atomic E-state index is 12.2. The molecular formula is C25H30N2O5. The van der Waals surface area contributed by atoms with E-state index in [0.717, 1.165) is 22.3 Å². The van der Waals surface area contributed by atoms with E-state index in [1.54, 1.807) is 0 Å². The maximum atomic E-state index is 12.2. The van der Waals surface area contributed by atoms with Crippen LogP contribution in [0.15, 0.2) is 48.5 Å². The third kappa shape index (κ3) is 6.09. The fourth-order valence-electron chi connectivity index (χ4n) is 4.28. The number of carbonyl (C=O) groups is 3. The number of carboxylic acids is 1. The third-order valence-electron chi connectivity index (χ3n) is 5.59. The number of hydrogen-bond donors (Lipinski definition) is 3. The molecule has 1 aliphatic carbocycles. The van der Waals surface area contributed by atoms with Gasteiger partial charge in [0.05, 0.1) is 6.54 Å². The molecule has 2 aromatic carbocycles. The Labute approximate surface area is 188 Å². The van der Waals surface area contributed by atoms with Crippen LogP contribution in [-0.2, 0) is 14.3 Å². The molecule has 32 heavy (non-hydrogen) atoms. The quantitative estimate of drug-likeness (QED) is 0.524. The number of aliphatic carboxylic acids is 1. The molecule has 0 spiro atoms. The number of carbonyl (C=O) groups excluding carboxylic acids is 2. The minimum absolute atomic E-state index is 0.00172. The fourth-order valence-corrected chi connectivity index (χ4v) is 4.28. The Hall–Kier alpha value is -3.35. The molecule has 0 aliphatic heterocycles. The van der Waals surface area contributed by atoms with E-state index in [4.69, 9.17) is 9.84 Å². The molecule has 0 saturated carbocycles. The highest BCUT2D eigenvalue weighted by molar-refractivity contribution is 5.82. The Morgan fingerprint density at radius 3 is 2.12 bits per heavy atom. The molecule has 0 heterocycles. The van der Waals surface area contributed by atoms with Crippen molar-refractivity contribution < 1.29 is 24.2 Å². The van der Waals surface area contributed by atoms with Crippen molar-refractivity contribution in [3.63, 3.8) is 0 Å². The number of amides is 2. The summed E-state index contributed by atoms with van der Waals surface area (Å²) in [6.45, 7) is 4.23. The van der Waals surface area contributed by atoms with E-state index in [1.165, 1.54) is 0 Å². The van der Waals surface area contributed by atoms with Gasteiger partial charge in [-0.2, -0.15) is 0 Å².